The van der Waals surface area contributed by atoms with Gasteiger partial charge in [-0.25, -0.2) is 4.98 Å². The second-order valence-corrected chi connectivity index (χ2v) is 8.12. The van der Waals surface area contributed by atoms with Gasteiger partial charge < -0.3 is 15.0 Å². The van der Waals surface area contributed by atoms with Gasteiger partial charge in [0.15, 0.2) is 5.13 Å². The number of ether oxygens (including phenoxy) is 1. The molecule has 0 bridgehead atoms. The minimum atomic E-state index is -0.216. The molecule has 2 aromatic rings. The predicted octanol–water partition coefficient (Wildman–Crippen LogP) is 4.12. The van der Waals surface area contributed by atoms with Crippen molar-refractivity contribution in [1.82, 2.24) is 9.88 Å². The van der Waals surface area contributed by atoms with Crippen molar-refractivity contribution in [2.75, 3.05) is 25.5 Å². The Kier molecular flexibility index (Phi) is 7.03. The number of aryl methyl sites for hydroxylation is 1. The van der Waals surface area contributed by atoms with Crippen molar-refractivity contribution in [2.45, 2.75) is 39.0 Å². The molecule has 1 aliphatic rings. The molecule has 7 heteroatoms. The minimum absolute atomic E-state index is 0.0278. The van der Waals surface area contributed by atoms with Gasteiger partial charge >= 0.3 is 0 Å². The molecular formula is C21H27N3O3S. The number of aromatic nitrogens is 1. The summed E-state index contributed by atoms with van der Waals surface area (Å²) in [6, 6.07) is 7.03. The summed E-state index contributed by atoms with van der Waals surface area (Å²) in [5.74, 6) is 0.809. The van der Waals surface area contributed by atoms with Crippen molar-refractivity contribution in [3.63, 3.8) is 0 Å². The molecule has 6 nitrogen and oxygen atoms in total. The zero-order chi connectivity index (χ0) is 19.9. The molecule has 3 rings (SSSR count). The molecule has 0 saturated heterocycles. The van der Waals surface area contributed by atoms with Gasteiger partial charge in [-0.05, 0) is 49.9 Å². The van der Waals surface area contributed by atoms with E-state index in [0.717, 1.165) is 18.5 Å². The van der Waals surface area contributed by atoms with E-state index in [9.17, 15) is 9.59 Å². The Hall–Kier alpha value is -2.41. The molecule has 28 heavy (non-hydrogen) atoms. The van der Waals surface area contributed by atoms with Gasteiger partial charge in [0.2, 0.25) is 5.91 Å². The topological polar surface area (TPSA) is 71.5 Å². The molecule has 1 N–H and O–H groups in total. The van der Waals surface area contributed by atoms with E-state index in [1.165, 1.54) is 30.6 Å². The van der Waals surface area contributed by atoms with E-state index >= 15 is 0 Å². The summed E-state index contributed by atoms with van der Waals surface area (Å²) in [6.07, 6.45) is 5.87. The molecule has 2 amide bonds. The maximum atomic E-state index is 13.1. The first-order valence-electron chi connectivity index (χ1n) is 9.70. The van der Waals surface area contributed by atoms with E-state index in [1.54, 1.807) is 36.3 Å². The molecule has 0 atom stereocenters. The van der Waals surface area contributed by atoms with E-state index in [4.69, 9.17) is 4.74 Å². The fourth-order valence-electron chi connectivity index (χ4n) is 3.56. The van der Waals surface area contributed by atoms with Crippen LogP contribution in [0.25, 0.3) is 0 Å². The van der Waals surface area contributed by atoms with Gasteiger partial charge in [-0.2, -0.15) is 0 Å². The third kappa shape index (κ3) is 5.55. The lowest BCUT2D eigenvalue weighted by molar-refractivity contribution is -0.117. The summed E-state index contributed by atoms with van der Waals surface area (Å²) in [5.41, 5.74) is 1.43. The lowest BCUT2D eigenvalue weighted by atomic mass is 9.89. The van der Waals surface area contributed by atoms with Gasteiger partial charge in [0, 0.05) is 17.5 Å². The molecule has 0 aliphatic heterocycles. The van der Waals surface area contributed by atoms with Crippen molar-refractivity contribution < 1.29 is 14.3 Å². The number of carbonyl (C=O) groups excluding carboxylic acids is 2. The van der Waals surface area contributed by atoms with Crippen LogP contribution in [-0.2, 0) is 4.79 Å². The van der Waals surface area contributed by atoms with Gasteiger partial charge in [-0.1, -0.05) is 19.3 Å². The summed E-state index contributed by atoms with van der Waals surface area (Å²) < 4.78 is 5.17. The van der Waals surface area contributed by atoms with Gasteiger partial charge in [-0.15, -0.1) is 11.3 Å². The third-order valence-corrected chi connectivity index (χ3v) is 5.90. The maximum absolute atomic E-state index is 13.1. The van der Waals surface area contributed by atoms with Crippen molar-refractivity contribution >= 4 is 28.3 Å². The van der Waals surface area contributed by atoms with Gasteiger partial charge in [0.1, 0.15) is 12.3 Å². The molecular weight excluding hydrogens is 374 g/mol. The van der Waals surface area contributed by atoms with Gasteiger partial charge in [0.05, 0.1) is 12.8 Å². The number of hydrogen-bond donors (Lipinski definition) is 1. The predicted molar refractivity (Wildman–Crippen MR) is 111 cm³/mol. The van der Waals surface area contributed by atoms with Crippen molar-refractivity contribution in [3.8, 4) is 5.75 Å². The number of nitrogens with zero attached hydrogens (tertiary/aromatic N) is 2. The number of amides is 2. The van der Waals surface area contributed by atoms with Crippen LogP contribution in [0, 0.1) is 12.8 Å². The summed E-state index contributed by atoms with van der Waals surface area (Å²) >= 11 is 1.39. The second kappa shape index (κ2) is 9.68. The highest BCUT2D eigenvalue weighted by molar-refractivity contribution is 7.13. The molecule has 1 saturated carbocycles. The van der Waals surface area contributed by atoms with Crippen molar-refractivity contribution in [2.24, 2.45) is 5.92 Å². The number of methoxy groups -OCH3 is 1. The lowest BCUT2D eigenvalue weighted by Gasteiger charge is -2.29. The van der Waals surface area contributed by atoms with Crippen molar-refractivity contribution in [3.05, 3.63) is 40.9 Å². The van der Waals surface area contributed by atoms with Crippen LogP contribution in [0.2, 0.25) is 0 Å². The van der Waals surface area contributed by atoms with E-state index < -0.39 is 0 Å². The minimum Gasteiger partial charge on any atom is -0.497 e. The molecule has 150 valence electrons. The first-order chi connectivity index (χ1) is 13.5. The number of anilines is 1. The lowest BCUT2D eigenvalue weighted by Crippen LogP contribution is -2.41. The van der Waals surface area contributed by atoms with Crippen LogP contribution in [0.15, 0.2) is 29.6 Å². The Balaban J connectivity index is 1.70. The number of benzene rings is 1. The second-order valence-electron chi connectivity index (χ2n) is 7.26. The summed E-state index contributed by atoms with van der Waals surface area (Å²) in [7, 11) is 1.59. The molecule has 1 heterocycles. The van der Waals surface area contributed by atoms with E-state index in [-0.39, 0.29) is 18.4 Å². The Bertz CT molecular complexity index is 797. The number of hydrogen-bond acceptors (Lipinski definition) is 5. The number of carbonyl (C=O) groups is 2. The van der Waals surface area contributed by atoms with Crippen LogP contribution in [0.1, 0.15) is 48.2 Å². The normalized spacial score (nSPS) is 14.5. The molecule has 0 unspecified atom stereocenters. The maximum Gasteiger partial charge on any atom is 0.254 e. The molecule has 1 aromatic heterocycles. The van der Waals surface area contributed by atoms with Gasteiger partial charge in [0.25, 0.3) is 5.91 Å². The van der Waals surface area contributed by atoms with Crippen LogP contribution < -0.4 is 10.1 Å². The Morgan fingerprint density at radius 1 is 1.21 bits per heavy atom. The number of thiazole rings is 1. The Morgan fingerprint density at radius 3 is 2.54 bits per heavy atom. The van der Waals surface area contributed by atoms with Crippen LogP contribution in [-0.4, -0.2) is 41.9 Å². The summed E-state index contributed by atoms with van der Waals surface area (Å²) in [6.45, 7) is 2.52. The fourth-order valence-corrected chi connectivity index (χ4v) is 4.26. The number of rotatable bonds is 7. The molecule has 1 aromatic carbocycles. The SMILES string of the molecule is COc1ccc(C(=O)N(CC(=O)Nc2nc(C)cs2)CC2CCCCC2)cc1. The van der Waals surface area contributed by atoms with E-state index in [0.29, 0.717) is 28.9 Å². The Morgan fingerprint density at radius 2 is 1.93 bits per heavy atom. The Labute approximate surface area is 169 Å². The highest BCUT2D eigenvalue weighted by atomic mass is 32.1. The molecule has 0 spiro atoms. The molecule has 0 radical (unpaired) electrons. The smallest absolute Gasteiger partial charge is 0.254 e. The van der Waals surface area contributed by atoms with E-state index in [2.05, 4.69) is 10.3 Å². The summed E-state index contributed by atoms with van der Waals surface area (Å²) in [4.78, 5) is 31.6. The van der Waals surface area contributed by atoms with Crippen LogP contribution in [0.4, 0.5) is 5.13 Å². The fraction of sp³-hybridized carbons (Fsp3) is 0.476. The standard InChI is InChI=1S/C21H27N3O3S/c1-15-14-28-21(22-15)23-19(25)13-24(12-16-6-4-3-5-7-16)20(26)17-8-10-18(27-2)11-9-17/h8-11,14,16H,3-7,12-13H2,1-2H3,(H,22,23,25). The quantitative estimate of drug-likeness (QED) is 0.757. The number of nitrogens with one attached hydrogen (secondary N) is 1. The first kappa shape index (κ1) is 20.3. The third-order valence-electron chi connectivity index (χ3n) is 5.03. The zero-order valence-corrected chi connectivity index (χ0v) is 17.3. The average molecular weight is 402 g/mol. The van der Waals surface area contributed by atoms with Crippen LogP contribution >= 0.6 is 11.3 Å². The molecule has 1 fully saturated rings. The summed E-state index contributed by atoms with van der Waals surface area (Å²) in [5, 5.41) is 5.26. The van der Waals surface area contributed by atoms with Crippen molar-refractivity contribution in [1.29, 1.82) is 0 Å². The van der Waals surface area contributed by atoms with Crippen LogP contribution in [0.3, 0.4) is 0 Å². The highest BCUT2D eigenvalue weighted by Crippen LogP contribution is 2.25. The van der Waals surface area contributed by atoms with Crippen LogP contribution in [0.5, 0.6) is 5.75 Å². The zero-order valence-electron chi connectivity index (χ0n) is 16.4. The largest absolute Gasteiger partial charge is 0.497 e. The first-order valence-corrected chi connectivity index (χ1v) is 10.6. The monoisotopic (exact) mass is 401 g/mol. The highest BCUT2D eigenvalue weighted by Gasteiger charge is 2.24. The molecule has 1 aliphatic carbocycles. The van der Waals surface area contributed by atoms with Gasteiger partial charge in [-0.3, -0.25) is 9.59 Å². The average Bonchev–Trinajstić information content (AvgIpc) is 3.12. The van der Waals surface area contributed by atoms with E-state index in [1.807, 2.05) is 12.3 Å².